The second kappa shape index (κ2) is 8.30. The fraction of sp³-hybridized carbons (Fsp3) is 0.500. The number of carbonyl (C=O) groups is 1. The van der Waals surface area contributed by atoms with Crippen molar-refractivity contribution in [2.45, 2.75) is 39.0 Å². The van der Waals surface area contributed by atoms with Gasteiger partial charge in [0, 0.05) is 18.0 Å². The first-order chi connectivity index (χ1) is 12.1. The highest BCUT2D eigenvalue weighted by Gasteiger charge is 2.12. The molecule has 2 heterocycles. The highest BCUT2D eigenvalue weighted by Crippen LogP contribution is 2.19. The van der Waals surface area contributed by atoms with E-state index in [1.165, 1.54) is 25.3 Å². The average Bonchev–Trinajstić information content (AvgIpc) is 2.59. The number of aryl methyl sites for hydroxylation is 1. The molecule has 2 aromatic rings. The molecule has 0 bridgehead atoms. The molecule has 0 N–H and O–H groups in total. The molecule has 0 amide bonds. The van der Waals surface area contributed by atoms with Gasteiger partial charge in [0.2, 0.25) is 0 Å². The lowest BCUT2D eigenvalue weighted by molar-refractivity contribution is -0.143. The van der Waals surface area contributed by atoms with Crippen LogP contribution in [0.15, 0.2) is 33.5 Å². The maximum Gasteiger partial charge on any atom is 0.336 e. The monoisotopic (exact) mass is 343 g/mol. The summed E-state index contributed by atoms with van der Waals surface area (Å²) in [5.74, 6) is -0.300. The highest BCUT2D eigenvalue weighted by molar-refractivity contribution is 5.85. The van der Waals surface area contributed by atoms with Crippen molar-refractivity contribution >= 4 is 16.9 Å². The first-order valence-electron chi connectivity index (χ1n) is 9.03. The molecule has 5 nitrogen and oxygen atoms in total. The smallest absolute Gasteiger partial charge is 0.336 e. The lowest BCUT2D eigenvalue weighted by atomic mass is 10.1. The summed E-state index contributed by atoms with van der Waals surface area (Å²) in [4.78, 5) is 26.3. The van der Waals surface area contributed by atoms with E-state index in [2.05, 4.69) is 4.90 Å². The summed E-state index contributed by atoms with van der Waals surface area (Å²) in [6, 6.07) is 7.01. The Bertz CT molecular complexity index is 790. The van der Waals surface area contributed by atoms with E-state index in [0.29, 0.717) is 17.8 Å². The van der Waals surface area contributed by atoms with E-state index in [9.17, 15) is 9.59 Å². The topological polar surface area (TPSA) is 59.8 Å². The number of likely N-dealkylation sites (tertiary alicyclic amines) is 1. The van der Waals surface area contributed by atoms with Crippen molar-refractivity contribution in [3.8, 4) is 0 Å². The normalized spacial score (nSPS) is 15.4. The van der Waals surface area contributed by atoms with Crippen LogP contribution in [0.3, 0.4) is 0 Å². The molecule has 1 aromatic carbocycles. The van der Waals surface area contributed by atoms with Gasteiger partial charge in [-0.3, -0.25) is 4.79 Å². The SMILES string of the molecule is Cc1ccc2c(CC(=O)OCCCN3CCCCC3)cc(=O)oc2c1. The minimum atomic E-state index is -0.439. The molecular weight excluding hydrogens is 318 g/mol. The van der Waals surface area contributed by atoms with Crippen molar-refractivity contribution in [3.05, 3.63) is 45.8 Å². The maximum atomic E-state index is 12.1. The number of fused-ring (bicyclic) bond motifs is 1. The van der Waals surface area contributed by atoms with Crippen molar-refractivity contribution in [1.29, 1.82) is 0 Å². The van der Waals surface area contributed by atoms with Gasteiger partial charge in [-0.2, -0.15) is 0 Å². The van der Waals surface area contributed by atoms with E-state index in [-0.39, 0.29) is 12.4 Å². The van der Waals surface area contributed by atoms with Gasteiger partial charge in [-0.25, -0.2) is 4.79 Å². The number of nitrogens with zero attached hydrogens (tertiary/aromatic N) is 1. The minimum absolute atomic E-state index is 0.0921. The zero-order valence-corrected chi connectivity index (χ0v) is 14.8. The van der Waals surface area contributed by atoms with Crippen molar-refractivity contribution in [1.82, 2.24) is 4.90 Å². The van der Waals surface area contributed by atoms with Gasteiger partial charge in [-0.05, 0) is 56.5 Å². The standard InChI is InChI=1S/C20H25NO4/c1-15-6-7-17-16(14-20(23)25-18(17)12-15)13-19(22)24-11-5-10-21-8-3-2-4-9-21/h6-7,12,14H,2-5,8-11,13H2,1H3. The lowest BCUT2D eigenvalue weighted by Crippen LogP contribution is -2.31. The van der Waals surface area contributed by atoms with Gasteiger partial charge in [-0.15, -0.1) is 0 Å². The summed E-state index contributed by atoms with van der Waals surface area (Å²) in [7, 11) is 0. The van der Waals surface area contributed by atoms with Gasteiger partial charge in [0.25, 0.3) is 0 Å². The lowest BCUT2D eigenvalue weighted by Gasteiger charge is -2.26. The first kappa shape index (κ1) is 17.7. The summed E-state index contributed by atoms with van der Waals surface area (Å²) in [6.07, 6.45) is 4.80. The molecule has 134 valence electrons. The summed E-state index contributed by atoms with van der Waals surface area (Å²) in [6.45, 7) is 5.64. The van der Waals surface area contributed by atoms with Crippen LogP contribution in [0.1, 0.15) is 36.8 Å². The summed E-state index contributed by atoms with van der Waals surface area (Å²) in [5.41, 5.74) is 1.74. The Morgan fingerprint density at radius 3 is 2.80 bits per heavy atom. The second-order valence-electron chi connectivity index (χ2n) is 6.74. The molecule has 0 aliphatic carbocycles. The number of benzene rings is 1. The molecular formula is C20H25NO4. The first-order valence-corrected chi connectivity index (χ1v) is 9.03. The molecule has 0 unspecified atom stereocenters. The maximum absolute atomic E-state index is 12.1. The van der Waals surface area contributed by atoms with Crippen LogP contribution in [0.4, 0.5) is 0 Å². The molecule has 0 spiro atoms. The number of hydrogen-bond donors (Lipinski definition) is 0. The quantitative estimate of drug-likeness (QED) is 0.458. The largest absolute Gasteiger partial charge is 0.465 e. The van der Waals surface area contributed by atoms with E-state index in [4.69, 9.17) is 9.15 Å². The van der Waals surface area contributed by atoms with Crippen LogP contribution in [0.25, 0.3) is 11.0 Å². The fourth-order valence-electron chi connectivity index (χ4n) is 3.35. The third-order valence-corrected chi connectivity index (χ3v) is 4.65. The number of hydrogen-bond acceptors (Lipinski definition) is 5. The predicted molar refractivity (Wildman–Crippen MR) is 96.8 cm³/mol. The summed E-state index contributed by atoms with van der Waals surface area (Å²) in [5, 5.41) is 0.787. The zero-order valence-electron chi connectivity index (χ0n) is 14.8. The predicted octanol–water partition coefficient (Wildman–Crippen LogP) is 3.06. The van der Waals surface area contributed by atoms with E-state index in [0.717, 1.165) is 37.0 Å². The van der Waals surface area contributed by atoms with Crippen LogP contribution in [-0.2, 0) is 16.0 Å². The number of esters is 1. The number of piperidine rings is 1. The second-order valence-corrected chi connectivity index (χ2v) is 6.74. The molecule has 25 heavy (non-hydrogen) atoms. The minimum Gasteiger partial charge on any atom is -0.465 e. The van der Waals surface area contributed by atoms with E-state index >= 15 is 0 Å². The molecule has 3 rings (SSSR count). The Labute approximate surface area is 147 Å². The van der Waals surface area contributed by atoms with E-state index in [1.807, 2.05) is 25.1 Å². The van der Waals surface area contributed by atoms with E-state index in [1.54, 1.807) is 0 Å². The Morgan fingerprint density at radius 1 is 1.20 bits per heavy atom. The molecule has 1 aliphatic heterocycles. The Balaban J connectivity index is 1.54. The zero-order chi connectivity index (χ0) is 17.6. The summed E-state index contributed by atoms with van der Waals surface area (Å²) >= 11 is 0. The Hall–Kier alpha value is -2.14. The fourth-order valence-corrected chi connectivity index (χ4v) is 3.35. The van der Waals surface area contributed by atoms with E-state index < -0.39 is 5.63 Å². The Kier molecular flexibility index (Phi) is 5.87. The van der Waals surface area contributed by atoms with Crippen molar-refractivity contribution in [2.24, 2.45) is 0 Å². The highest BCUT2D eigenvalue weighted by atomic mass is 16.5. The summed E-state index contributed by atoms with van der Waals surface area (Å²) < 4.78 is 10.6. The number of rotatable bonds is 6. The van der Waals surface area contributed by atoms with Crippen molar-refractivity contribution < 1.29 is 13.9 Å². The molecule has 1 aliphatic rings. The molecule has 1 aromatic heterocycles. The average molecular weight is 343 g/mol. The van der Waals surface area contributed by atoms with Crippen LogP contribution in [0.2, 0.25) is 0 Å². The third-order valence-electron chi connectivity index (χ3n) is 4.65. The van der Waals surface area contributed by atoms with Crippen LogP contribution in [0, 0.1) is 6.92 Å². The molecule has 0 saturated carbocycles. The van der Waals surface area contributed by atoms with Gasteiger partial charge in [0.1, 0.15) is 5.58 Å². The third kappa shape index (κ3) is 4.92. The van der Waals surface area contributed by atoms with Crippen LogP contribution in [-0.4, -0.2) is 37.1 Å². The molecule has 5 heteroatoms. The van der Waals surface area contributed by atoms with Gasteiger partial charge < -0.3 is 14.1 Å². The number of ether oxygens (including phenoxy) is 1. The van der Waals surface area contributed by atoms with Gasteiger partial charge in [0.15, 0.2) is 0 Å². The molecule has 1 saturated heterocycles. The molecule has 0 radical (unpaired) electrons. The van der Waals surface area contributed by atoms with Gasteiger partial charge in [-0.1, -0.05) is 18.6 Å². The van der Waals surface area contributed by atoms with Gasteiger partial charge >= 0.3 is 11.6 Å². The van der Waals surface area contributed by atoms with Crippen LogP contribution < -0.4 is 5.63 Å². The molecule has 1 fully saturated rings. The number of carbonyl (C=O) groups excluding carboxylic acids is 1. The van der Waals surface area contributed by atoms with Crippen LogP contribution in [0.5, 0.6) is 0 Å². The molecule has 0 atom stereocenters. The Morgan fingerprint density at radius 2 is 2.00 bits per heavy atom. The van der Waals surface area contributed by atoms with Crippen LogP contribution >= 0.6 is 0 Å². The van der Waals surface area contributed by atoms with Crippen molar-refractivity contribution in [2.75, 3.05) is 26.2 Å². The van der Waals surface area contributed by atoms with Crippen molar-refractivity contribution in [3.63, 3.8) is 0 Å². The van der Waals surface area contributed by atoms with Gasteiger partial charge in [0.05, 0.1) is 13.0 Å².